The van der Waals surface area contributed by atoms with Crippen molar-refractivity contribution < 1.29 is 19.6 Å². The van der Waals surface area contributed by atoms with Crippen LogP contribution in [-0.2, 0) is 11.3 Å². The lowest BCUT2D eigenvalue weighted by atomic mass is 10.4. The summed E-state index contributed by atoms with van der Waals surface area (Å²) in [5.41, 5.74) is 0. The Bertz CT molecular complexity index is 339. The van der Waals surface area contributed by atoms with Gasteiger partial charge in [-0.25, -0.2) is 0 Å². The number of aromatic hydroxyl groups is 2. The molecule has 1 aromatic rings. The van der Waals surface area contributed by atoms with Crippen LogP contribution in [0.1, 0.15) is 6.92 Å². The standard InChI is InChI=1S/C9H12N2O3/c1-7(12)10-3-5-11-4-2-8(13)9(14)6-11/h2,4,6H,3,5H2,1H3,(H2,10,12,14)/p+1. The number of amides is 1. The topological polar surface area (TPSA) is 73.4 Å². The first-order valence-corrected chi connectivity index (χ1v) is 4.25. The molecule has 0 unspecified atom stereocenters. The smallest absolute Gasteiger partial charge is 0.223 e. The first-order chi connectivity index (χ1) is 6.59. The summed E-state index contributed by atoms with van der Waals surface area (Å²) in [6.45, 7) is 2.48. The van der Waals surface area contributed by atoms with Gasteiger partial charge in [0.1, 0.15) is 0 Å². The highest BCUT2D eigenvalue weighted by atomic mass is 16.3. The highest BCUT2D eigenvalue weighted by Gasteiger charge is 2.06. The van der Waals surface area contributed by atoms with E-state index in [0.717, 1.165) is 0 Å². The highest BCUT2D eigenvalue weighted by molar-refractivity contribution is 5.72. The largest absolute Gasteiger partial charge is 0.504 e. The number of carbonyl (C=O) groups excluding carboxylic acids is 1. The molecule has 76 valence electrons. The van der Waals surface area contributed by atoms with E-state index in [4.69, 9.17) is 10.2 Å². The van der Waals surface area contributed by atoms with Gasteiger partial charge in [0.15, 0.2) is 18.5 Å². The maximum absolute atomic E-state index is 10.5. The monoisotopic (exact) mass is 197 g/mol. The second-order valence-corrected chi connectivity index (χ2v) is 2.94. The van der Waals surface area contributed by atoms with Gasteiger partial charge in [0, 0.05) is 13.0 Å². The van der Waals surface area contributed by atoms with E-state index in [-0.39, 0.29) is 17.4 Å². The summed E-state index contributed by atoms with van der Waals surface area (Å²) in [6, 6.07) is 1.39. The Morgan fingerprint density at radius 3 is 2.79 bits per heavy atom. The first-order valence-electron chi connectivity index (χ1n) is 4.25. The SMILES string of the molecule is CC(=O)NCC[n+]1ccc(O)c(O)c1. The van der Waals surface area contributed by atoms with Crippen LogP contribution in [0.15, 0.2) is 18.5 Å². The molecule has 0 fully saturated rings. The van der Waals surface area contributed by atoms with E-state index in [1.165, 1.54) is 19.2 Å². The minimum atomic E-state index is -0.171. The molecule has 0 atom stereocenters. The summed E-state index contributed by atoms with van der Waals surface area (Å²) in [5, 5.41) is 20.8. The predicted molar refractivity (Wildman–Crippen MR) is 48.7 cm³/mol. The van der Waals surface area contributed by atoms with E-state index in [9.17, 15) is 4.79 Å². The van der Waals surface area contributed by atoms with Gasteiger partial charge in [-0.05, 0) is 0 Å². The van der Waals surface area contributed by atoms with Gasteiger partial charge >= 0.3 is 0 Å². The average Bonchev–Trinajstić information content (AvgIpc) is 2.10. The fraction of sp³-hybridized carbons (Fsp3) is 0.333. The molecule has 0 aromatic carbocycles. The van der Waals surface area contributed by atoms with Gasteiger partial charge < -0.3 is 15.5 Å². The molecule has 0 aliphatic heterocycles. The fourth-order valence-corrected chi connectivity index (χ4v) is 1.02. The Hall–Kier alpha value is -1.78. The van der Waals surface area contributed by atoms with Crippen molar-refractivity contribution >= 4 is 5.91 Å². The highest BCUT2D eigenvalue weighted by Crippen LogP contribution is 2.19. The Morgan fingerprint density at radius 1 is 1.50 bits per heavy atom. The minimum absolute atomic E-state index is 0.0893. The zero-order chi connectivity index (χ0) is 10.6. The predicted octanol–water partition coefficient (Wildman–Crippen LogP) is -0.479. The average molecular weight is 197 g/mol. The fourth-order valence-electron chi connectivity index (χ4n) is 1.02. The number of nitrogens with zero attached hydrogens (tertiary/aromatic N) is 1. The first kappa shape index (κ1) is 10.3. The van der Waals surface area contributed by atoms with Gasteiger partial charge in [-0.1, -0.05) is 0 Å². The summed E-state index contributed by atoms with van der Waals surface area (Å²) in [5.74, 6) is -0.412. The van der Waals surface area contributed by atoms with Crippen LogP contribution in [0.2, 0.25) is 0 Å². The van der Waals surface area contributed by atoms with Crippen molar-refractivity contribution in [2.45, 2.75) is 13.5 Å². The quantitative estimate of drug-likeness (QED) is 0.573. The Morgan fingerprint density at radius 2 is 2.21 bits per heavy atom. The van der Waals surface area contributed by atoms with Crippen molar-refractivity contribution in [1.82, 2.24) is 5.32 Å². The Labute approximate surface area is 81.6 Å². The molecule has 0 saturated heterocycles. The summed E-state index contributed by atoms with van der Waals surface area (Å²) in [4.78, 5) is 10.5. The van der Waals surface area contributed by atoms with Gasteiger partial charge in [0.25, 0.3) is 0 Å². The van der Waals surface area contributed by atoms with Gasteiger partial charge in [-0.3, -0.25) is 4.79 Å². The van der Waals surface area contributed by atoms with E-state index in [0.29, 0.717) is 13.1 Å². The Balaban J connectivity index is 2.51. The third-order valence-corrected chi connectivity index (χ3v) is 1.72. The maximum atomic E-state index is 10.5. The number of hydrogen-bond acceptors (Lipinski definition) is 3. The van der Waals surface area contributed by atoms with Crippen LogP contribution in [0, 0.1) is 0 Å². The van der Waals surface area contributed by atoms with Crippen LogP contribution in [0.25, 0.3) is 0 Å². The molecule has 0 radical (unpaired) electrons. The normalized spacial score (nSPS) is 9.79. The molecule has 0 saturated carbocycles. The lowest BCUT2D eigenvalue weighted by Gasteiger charge is -1.99. The van der Waals surface area contributed by atoms with Crippen LogP contribution < -0.4 is 9.88 Å². The summed E-state index contributed by atoms with van der Waals surface area (Å²) < 4.78 is 1.67. The molecule has 1 amide bonds. The van der Waals surface area contributed by atoms with E-state index < -0.39 is 0 Å². The van der Waals surface area contributed by atoms with Crippen molar-refractivity contribution in [2.24, 2.45) is 0 Å². The summed E-state index contributed by atoms with van der Waals surface area (Å²) in [6.07, 6.45) is 3.02. The van der Waals surface area contributed by atoms with E-state index >= 15 is 0 Å². The lowest BCUT2D eigenvalue weighted by molar-refractivity contribution is -0.695. The molecule has 14 heavy (non-hydrogen) atoms. The van der Waals surface area contributed by atoms with Gasteiger partial charge in [-0.2, -0.15) is 4.57 Å². The lowest BCUT2D eigenvalue weighted by Crippen LogP contribution is -2.39. The van der Waals surface area contributed by atoms with E-state index in [1.807, 2.05) is 0 Å². The van der Waals surface area contributed by atoms with E-state index in [1.54, 1.807) is 10.8 Å². The molecule has 1 heterocycles. The summed E-state index contributed by atoms with van der Waals surface area (Å²) >= 11 is 0. The van der Waals surface area contributed by atoms with Crippen LogP contribution in [0.3, 0.4) is 0 Å². The molecule has 0 aliphatic carbocycles. The van der Waals surface area contributed by atoms with Crippen molar-refractivity contribution in [3.05, 3.63) is 18.5 Å². The molecule has 5 heteroatoms. The molecule has 5 nitrogen and oxygen atoms in total. The van der Waals surface area contributed by atoms with Crippen LogP contribution in [-0.4, -0.2) is 22.7 Å². The Kier molecular flexibility index (Phi) is 3.28. The molecule has 3 N–H and O–H groups in total. The minimum Gasteiger partial charge on any atom is -0.504 e. The summed E-state index contributed by atoms with van der Waals surface area (Å²) in [7, 11) is 0. The van der Waals surface area contributed by atoms with Crippen molar-refractivity contribution in [2.75, 3.05) is 6.54 Å². The van der Waals surface area contributed by atoms with Crippen molar-refractivity contribution in [3.8, 4) is 11.5 Å². The number of hydrogen-bond donors (Lipinski definition) is 3. The van der Waals surface area contributed by atoms with Gasteiger partial charge in [-0.15, -0.1) is 0 Å². The van der Waals surface area contributed by atoms with Gasteiger partial charge in [0.05, 0.1) is 6.54 Å². The van der Waals surface area contributed by atoms with Gasteiger partial charge in [0.2, 0.25) is 17.9 Å². The van der Waals surface area contributed by atoms with Crippen LogP contribution in [0.5, 0.6) is 11.5 Å². The number of aromatic nitrogens is 1. The van der Waals surface area contributed by atoms with Crippen LogP contribution in [0.4, 0.5) is 0 Å². The second-order valence-electron chi connectivity index (χ2n) is 2.94. The zero-order valence-electron chi connectivity index (χ0n) is 7.90. The molecular formula is C9H13N2O3+. The third kappa shape index (κ3) is 2.93. The third-order valence-electron chi connectivity index (χ3n) is 1.72. The molecule has 1 rings (SSSR count). The molecule has 0 aliphatic rings. The molecule has 0 spiro atoms. The number of pyridine rings is 1. The second kappa shape index (κ2) is 4.45. The van der Waals surface area contributed by atoms with Crippen molar-refractivity contribution in [3.63, 3.8) is 0 Å². The number of carbonyl (C=O) groups is 1. The molecule has 0 bridgehead atoms. The molecule has 1 aromatic heterocycles. The van der Waals surface area contributed by atoms with E-state index in [2.05, 4.69) is 5.32 Å². The zero-order valence-corrected chi connectivity index (χ0v) is 7.90. The molecular weight excluding hydrogens is 184 g/mol. The maximum Gasteiger partial charge on any atom is 0.223 e. The number of rotatable bonds is 3. The number of nitrogens with one attached hydrogen (secondary N) is 1. The van der Waals surface area contributed by atoms with Crippen molar-refractivity contribution in [1.29, 1.82) is 0 Å². The van der Waals surface area contributed by atoms with Crippen LogP contribution >= 0.6 is 0 Å².